The van der Waals surface area contributed by atoms with Crippen LogP contribution in [0.15, 0.2) is 66.7 Å². The predicted octanol–water partition coefficient (Wildman–Crippen LogP) is 5.37. The summed E-state index contributed by atoms with van der Waals surface area (Å²) in [5, 5.41) is 18.4. The van der Waals surface area contributed by atoms with Crippen LogP contribution in [0.25, 0.3) is 10.8 Å². The van der Waals surface area contributed by atoms with Crippen molar-refractivity contribution >= 4 is 45.8 Å². The lowest BCUT2D eigenvalue weighted by Gasteiger charge is -2.11. The first-order valence-electron chi connectivity index (χ1n) is 13.4. The van der Waals surface area contributed by atoms with E-state index in [1.807, 2.05) is 66.7 Å². The fourth-order valence-corrected chi connectivity index (χ4v) is 4.35. The van der Waals surface area contributed by atoms with Gasteiger partial charge >= 0.3 is 5.97 Å². The van der Waals surface area contributed by atoms with Crippen molar-refractivity contribution in [2.24, 2.45) is 0 Å². The Balaban J connectivity index is 0.000000854. The van der Waals surface area contributed by atoms with E-state index in [4.69, 9.17) is 26.2 Å². The third-order valence-electron chi connectivity index (χ3n) is 6.22. The Bertz CT molecular complexity index is 1450. The van der Waals surface area contributed by atoms with Crippen LogP contribution in [-0.4, -0.2) is 74.5 Å². The molecule has 1 aliphatic rings. The van der Waals surface area contributed by atoms with Gasteiger partial charge in [-0.15, -0.1) is 0 Å². The van der Waals surface area contributed by atoms with Gasteiger partial charge in [0.2, 0.25) is 0 Å². The summed E-state index contributed by atoms with van der Waals surface area (Å²) in [6.07, 6.45) is 0.420. The van der Waals surface area contributed by atoms with Crippen LogP contribution in [0, 0.1) is 0 Å². The quantitative estimate of drug-likeness (QED) is 0.158. The van der Waals surface area contributed by atoms with Gasteiger partial charge in [-0.05, 0) is 40.6 Å². The number of morpholine rings is 1. The molecule has 10 nitrogen and oxygen atoms in total. The van der Waals surface area contributed by atoms with E-state index in [1.165, 1.54) is 7.11 Å². The molecule has 4 N–H and O–H groups in total. The molecule has 5 rings (SSSR count). The second kappa shape index (κ2) is 20.0. The number of amides is 1. The molecule has 238 valence electrons. The lowest BCUT2D eigenvalue weighted by atomic mass is 10.1. The van der Waals surface area contributed by atoms with E-state index in [0.29, 0.717) is 34.9 Å². The van der Waals surface area contributed by atoms with Crippen LogP contribution in [0.2, 0.25) is 5.15 Å². The number of carbonyl (C=O) groups excluding carboxylic acids is 2. The summed E-state index contributed by atoms with van der Waals surface area (Å²) in [5.74, 6) is 0.403. The summed E-state index contributed by atoms with van der Waals surface area (Å²) < 4.78 is 9.72. The molecule has 1 amide bonds. The van der Waals surface area contributed by atoms with Gasteiger partial charge in [0.1, 0.15) is 16.8 Å². The van der Waals surface area contributed by atoms with Crippen molar-refractivity contribution in [3.63, 3.8) is 0 Å². The number of methoxy groups -OCH3 is 1. The summed E-state index contributed by atoms with van der Waals surface area (Å²) >= 11 is 6.31. The standard InChI is InChI=1S/C26H23ClN4O3.C4H9NO.CH4O.2CH4/c1-28-25-21(15-23(32)34-2)24(27)30-22(31-25)13-16-7-11-20(12-8-16)29-26(33)19-10-9-17-5-3-4-6-18(17)14-19;1-3-6-4-2-5-1;1-2;;/h3-12,14H,13,15H2,1-2H3,(H,29,33)(H,28,30,31);5H,1-4H2;2H,1H3;2*1H4. The predicted molar refractivity (Wildman–Crippen MR) is 179 cm³/mol. The van der Waals surface area contributed by atoms with Gasteiger partial charge in [-0.25, -0.2) is 9.97 Å². The first-order chi connectivity index (χ1) is 20.5. The summed E-state index contributed by atoms with van der Waals surface area (Å²) in [6, 6.07) is 21.0. The summed E-state index contributed by atoms with van der Waals surface area (Å²) in [7, 11) is 4.02. The topological polar surface area (TPSA) is 135 Å². The van der Waals surface area contributed by atoms with Crippen molar-refractivity contribution in [3.05, 3.63) is 94.4 Å². The number of aliphatic hydroxyl groups is 1. The number of nitrogens with zero attached hydrogens (tertiary/aromatic N) is 2. The molecule has 44 heavy (non-hydrogen) atoms. The molecule has 4 aromatic rings. The molecule has 0 aliphatic carbocycles. The number of rotatable bonds is 7. The maximum absolute atomic E-state index is 12.7. The van der Waals surface area contributed by atoms with Crippen LogP contribution in [0.5, 0.6) is 0 Å². The average molecular weight is 626 g/mol. The van der Waals surface area contributed by atoms with Gasteiger partial charge < -0.3 is 30.5 Å². The van der Waals surface area contributed by atoms with Gasteiger partial charge in [0.15, 0.2) is 0 Å². The number of esters is 1. The van der Waals surface area contributed by atoms with E-state index >= 15 is 0 Å². The molecule has 1 fully saturated rings. The smallest absolute Gasteiger partial charge is 0.310 e. The number of hydrogen-bond acceptors (Lipinski definition) is 9. The van der Waals surface area contributed by atoms with E-state index in [0.717, 1.165) is 49.7 Å². The lowest BCUT2D eigenvalue weighted by molar-refractivity contribution is -0.139. The van der Waals surface area contributed by atoms with Gasteiger partial charge in [-0.3, -0.25) is 9.59 Å². The molecule has 0 saturated carbocycles. The molecule has 0 bridgehead atoms. The third kappa shape index (κ3) is 11.2. The minimum atomic E-state index is -0.420. The number of hydrogen-bond donors (Lipinski definition) is 4. The van der Waals surface area contributed by atoms with E-state index in [2.05, 4.69) is 25.9 Å². The Morgan fingerprint density at radius 2 is 1.64 bits per heavy atom. The second-order valence-corrected chi connectivity index (χ2v) is 9.37. The van der Waals surface area contributed by atoms with Gasteiger partial charge in [0.25, 0.3) is 5.91 Å². The van der Waals surface area contributed by atoms with Gasteiger partial charge in [-0.1, -0.05) is 68.9 Å². The van der Waals surface area contributed by atoms with Crippen molar-refractivity contribution in [1.29, 1.82) is 0 Å². The number of nitrogens with one attached hydrogen (secondary N) is 3. The number of fused-ring (bicyclic) bond motifs is 1. The number of ether oxygens (including phenoxy) is 2. The van der Waals surface area contributed by atoms with Crippen LogP contribution in [0.1, 0.15) is 42.2 Å². The summed E-state index contributed by atoms with van der Waals surface area (Å²) in [6.45, 7) is 3.83. The monoisotopic (exact) mass is 625 g/mol. The zero-order valence-corrected chi connectivity index (χ0v) is 24.7. The zero-order chi connectivity index (χ0) is 30.3. The minimum absolute atomic E-state index is 0. The van der Waals surface area contributed by atoms with Crippen molar-refractivity contribution in [2.45, 2.75) is 27.7 Å². The number of halogens is 1. The molecular weight excluding hydrogens is 582 g/mol. The first-order valence-corrected chi connectivity index (χ1v) is 13.8. The molecule has 3 aromatic carbocycles. The Morgan fingerprint density at radius 3 is 2.20 bits per heavy atom. The van der Waals surface area contributed by atoms with Crippen LogP contribution >= 0.6 is 11.6 Å². The fourth-order valence-electron chi connectivity index (χ4n) is 4.10. The summed E-state index contributed by atoms with van der Waals surface area (Å²) in [4.78, 5) is 33.1. The van der Waals surface area contributed by atoms with E-state index < -0.39 is 5.97 Å². The summed E-state index contributed by atoms with van der Waals surface area (Å²) in [5.41, 5.74) is 2.72. The number of carbonyl (C=O) groups is 2. The maximum Gasteiger partial charge on any atom is 0.310 e. The normalized spacial score (nSPS) is 11.7. The number of aliphatic hydroxyl groups excluding tert-OH is 1. The minimum Gasteiger partial charge on any atom is -0.469 e. The molecule has 11 heteroatoms. The highest BCUT2D eigenvalue weighted by atomic mass is 35.5. The SMILES string of the molecule is C.C.C1COCCN1.CNc1nc(Cc2ccc(NC(=O)c3ccc4ccccc4c3)cc2)nc(Cl)c1CC(=O)OC.CO. The fraction of sp³-hybridized carbons (Fsp3) is 0.333. The average Bonchev–Trinajstić information content (AvgIpc) is 3.04. The Hall–Kier alpha value is -4.09. The zero-order valence-electron chi connectivity index (χ0n) is 23.9. The van der Waals surface area contributed by atoms with E-state index in [9.17, 15) is 9.59 Å². The number of aromatic nitrogens is 2. The van der Waals surface area contributed by atoms with Crippen molar-refractivity contribution in [2.75, 3.05) is 58.2 Å². The Labute approximate surface area is 265 Å². The lowest BCUT2D eigenvalue weighted by Crippen LogP contribution is -2.30. The molecule has 1 aromatic heterocycles. The highest BCUT2D eigenvalue weighted by Gasteiger charge is 2.16. The highest BCUT2D eigenvalue weighted by Crippen LogP contribution is 2.23. The molecule has 0 spiro atoms. The van der Waals surface area contributed by atoms with Gasteiger partial charge in [-0.2, -0.15) is 0 Å². The molecule has 0 unspecified atom stereocenters. The largest absolute Gasteiger partial charge is 0.469 e. The van der Waals surface area contributed by atoms with E-state index in [1.54, 1.807) is 7.05 Å². The first kappa shape index (κ1) is 37.9. The molecule has 1 saturated heterocycles. The van der Waals surface area contributed by atoms with Crippen molar-refractivity contribution in [1.82, 2.24) is 15.3 Å². The van der Waals surface area contributed by atoms with Crippen LogP contribution in [-0.2, 0) is 27.1 Å². The van der Waals surface area contributed by atoms with Gasteiger partial charge in [0.05, 0.1) is 26.7 Å². The van der Waals surface area contributed by atoms with Crippen molar-refractivity contribution in [3.8, 4) is 0 Å². The van der Waals surface area contributed by atoms with Crippen LogP contribution < -0.4 is 16.0 Å². The molecule has 2 heterocycles. The molecule has 0 radical (unpaired) electrons. The van der Waals surface area contributed by atoms with Crippen LogP contribution in [0.3, 0.4) is 0 Å². The molecule has 1 aliphatic heterocycles. The second-order valence-electron chi connectivity index (χ2n) is 9.01. The van der Waals surface area contributed by atoms with Gasteiger partial charge in [0, 0.05) is 50.5 Å². The van der Waals surface area contributed by atoms with E-state index in [-0.39, 0.29) is 32.3 Å². The Kier molecular flexibility index (Phi) is 17.2. The highest BCUT2D eigenvalue weighted by molar-refractivity contribution is 6.30. The Morgan fingerprint density at radius 1 is 0.977 bits per heavy atom. The molecular formula is C33H44ClN5O5. The number of anilines is 2. The van der Waals surface area contributed by atoms with Crippen LogP contribution in [0.4, 0.5) is 11.5 Å². The molecule has 0 atom stereocenters. The van der Waals surface area contributed by atoms with Crippen molar-refractivity contribution < 1.29 is 24.2 Å². The maximum atomic E-state index is 12.7. The number of benzene rings is 3. The third-order valence-corrected chi connectivity index (χ3v) is 6.53.